The van der Waals surface area contributed by atoms with Crippen molar-refractivity contribution in [3.8, 4) is 0 Å². The molecule has 1 aliphatic rings. The average molecular weight is 272 g/mol. The molecule has 2 N–H and O–H groups in total. The number of rotatable bonds is 8. The van der Waals surface area contributed by atoms with Gasteiger partial charge >= 0.3 is 0 Å². The lowest BCUT2D eigenvalue weighted by molar-refractivity contribution is -0.134. The lowest BCUT2D eigenvalue weighted by Gasteiger charge is -2.38. The molecule has 0 saturated heterocycles. The molecular weight excluding hydrogens is 244 g/mol. The lowest BCUT2D eigenvalue weighted by atomic mass is 9.79. The number of hydrogen-bond donors (Lipinski definition) is 2. The summed E-state index contributed by atoms with van der Waals surface area (Å²) in [4.78, 5) is 14.1. The largest absolute Gasteiger partial charge is 0.395 e. The van der Waals surface area contributed by atoms with Gasteiger partial charge in [0.15, 0.2) is 0 Å². The van der Waals surface area contributed by atoms with Crippen molar-refractivity contribution < 1.29 is 14.6 Å². The second kappa shape index (κ2) is 8.51. The summed E-state index contributed by atoms with van der Waals surface area (Å²) in [7, 11) is 3.57. The second-order valence-electron chi connectivity index (χ2n) is 5.36. The minimum absolute atomic E-state index is 0.00199. The minimum atomic E-state index is -0.0455. The van der Waals surface area contributed by atoms with Crippen LogP contribution in [0, 0.1) is 0 Å². The highest BCUT2D eigenvalue weighted by Crippen LogP contribution is 2.31. The van der Waals surface area contributed by atoms with E-state index in [9.17, 15) is 4.79 Å². The van der Waals surface area contributed by atoms with Crippen molar-refractivity contribution in [2.24, 2.45) is 0 Å². The van der Waals surface area contributed by atoms with Gasteiger partial charge in [-0.3, -0.25) is 4.79 Å². The zero-order chi connectivity index (χ0) is 14.1. The van der Waals surface area contributed by atoms with Gasteiger partial charge in [-0.25, -0.2) is 0 Å². The molecule has 5 nitrogen and oxygen atoms in total. The van der Waals surface area contributed by atoms with Crippen molar-refractivity contribution in [1.29, 1.82) is 0 Å². The highest BCUT2D eigenvalue weighted by molar-refractivity contribution is 5.77. The molecule has 0 radical (unpaired) electrons. The van der Waals surface area contributed by atoms with Gasteiger partial charge < -0.3 is 20.1 Å². The number of aliphatic hydroxyl groups excluding tert-OH is 1. The molecule has 1 rings (SSSR count). The molecule has 0 bridgehead atoms. The maximum Gasteiger partial charge on any atom is 0.224 e. The van der Waals surface area contributed by atoms with Crippen LogP contribution in [0.15, 0.2) is 0 Å². The highest BCUT2D eigenvalue weighted by atomic mass is 16.5. The Morgan fingerprint density at radius 2 is 2.00 bits per heavy atom. The third-order valence-electron chi connectivity index (χ3n) is 4.12. The number of nitrogens with one attached hydrogen (secondary N) is 1. The number of amides is 1. The summed E-state index contributed by atoms with van der Waals surface area (Å²) >= 11 is 0. The molecule has 112 valence electrons. The minimum Gasteiger partial charge on any atom is -0.395 e. The van der Waals surface area contributed by atoms with E-state index in [1.807, 2.05) is 7.05 Å². The molecule has 0 aromatic carbocycles. The number of nitrogens with zero attached hydrogens (tertiary/aromatic N) is 1. The zero-order valence-corrected chi connectivity index (χ0v) is 12.3. The van der Waals surface area contributed by atoms with Gasteiger partial charge in [-0.1, -0.05) is 19.3 Å². The van der Waals surface area contributed by atoms with Gasteiger partial charge in [0, 0.05) is 32.2 Å². The molecule has 1 saturated carbocycles. The Morgan fingerprint density at radius 1 is 1.32 bits per heavy atom. The van der Waals surface area contributed by atoms with Gasteiger partial charge in [-0.05, 0) is 19.9 Å². The molecule has 0 aromatic heterocycles. The molecule has 1 amide bonds. The van der Waals surface area contributed by atoms with Gasteiger partial charge in [0.25, 0.3) is 0 Å². The number of carbonyl (C=O) groups is 1. The van der Waals surface area contributed by atoms with Gasteiger partial charge in [-0.2, -0.15) is 0 Å². The van der Waals surface area contributed by atoms with Crippen molar-refractivity contribution >= 4 is 5.91 Å². The highest BCUT2D eigenvalue weighted by Gasteiger charge is 2.33. The first-order chi connectivity index (χ1) is 9.17. The van der Waals surface area contributed by atoms with E-state index in [1.165, 1.54) is 19.3 Å². The van der Waals surface area contributed by atoms with E-state index in [1.54, 1.807) is 12.0 Å². The van der Waals surface area contributed by atoms with E-state index in [0.717, 1.165) is 12.8 Å². The zero-order valence-electron chi connectivity index (χ0n) is 12.3. The Morgan fingerprint density at radius 3 is 2.53 bits per heavy atom. The first-order valence-electron chi connectivity index (χ1n) is 7.24. The standard InChI is InChI=1S/C14H28N2O3/c1-15-14(6-4-3-5-7-14)12-13(18)16(8-10-17)9-11-19-2/h15,17H,3-12H2,1-2H3. The van der Waals surface area contributed by atoms with Gasteiger partial charge in [0.05, 0.1) is 13.2 Å². The molecule has 0 heterocycles. The van der Waals surface area contributed by atoms with Crippen molar-refractivity contribution in [3.05, 3.63) is 0 Å². The summed E-state index contributed by atoms with van der Waals surface area (Å²) in [6.07, 6.45) is 6.28. The molecule has 1 aliphatic carbocycles. The average Bonchev–Trinajstić information content (AvgIpc) is 2.44. The van der Waals surface area contributed by atoms with Crippen LogP contribution in [0.4, 0.5) is 0 Å². The molecule has 1 fully saturated rings. The van der Waals surface area contributed by atoms with Crippen LogP contribution in [0.2, 0.25) is 0 Å². The number of ether oxygens (including phenoxy) is 1. The Hall–Kier alpha value is -0.650. The van der Waals surface area contributed by atoms with E-state index in [4.69, 9.17) is 9.84 Å². The van der Waals surface area contributed by atoms with Crippen LogP contribution in [0.3, 0.4) is 0 Å². The summed E-state index contributed by atoms with van der Waals surface area (Å²) in [6.45, 7) is 1.46. The van der Waals surface area contributed by atoms with Crippen LogP contribution in [-0.4, -0.2) is 61.9 Å². The molecular formula is C14H28N2O3. The maximum absolute atomic E-state index is 12.4. The quantitative estimate of drug-likeness (QED) is 0.685. The van der Waals surface area contributed by atoms with Crippen LogP contribution in [-0.2, 0) is 9.53 Å². The van der Waals surface area contributed by atoms with Crippen molar-refractivity contribution in [3.63, 3.8) is 0 Å². The molecule has 0 atom stereocenters. The van der Waals surface area contributed by atoms with Gasteiger partial charge in [-0.15, -0.1) is 0 Å². The summed E-state index contributed by atoms with van der Waals surface area (Å²) in [5.74, 6) is 0.113. The number of methoxy groups -OCH3 is 1. The van der Waals surface area contributed by atoms with Crippen LogP contribution in [0.5, 0.6) is 0 Å². The van der Waals surface area contributed by atoms with Crippen molar-refractivity contribution in [2.45, 2.75) is 44.1 Å². The Kier molecular flexibility index (Phi) is 7.34. The molecule has 0 unspecified atom stereocenters. The first-order valence-corrected chi connectivity index (χ1v) is 7.24. The van der Waals surface area contributed by atoms with Crippen molar-refractivity contribution in [2.75, 3.05) is 40.5 Å². The van der Waals surface area contributed by atoms with Gasteiger partial charge in [0.1, 0.15) is 0 Å². The van der Waals surface area contributed by atoms with Crippen LogP contribution >= 0.6 is 0 Å². The predicted molar refractivity (Wildman–Crippen MR) is 75.0 cm³/mol. The third kappa shape index (κ3) is 5.09. The predicted octanol–water partition coefficient (Wildman–Crippen LogP) is 0.766. The van der Waals surface area contributed by atoms with E-state index in [-0.39, 0.29) is 18.1 Å². The fourth-order valence-corrected chi connectivity index (χ4v) is 2.83. The fourth-order valence-electron chi connectivity index (χ4n) is 2.83. The Balaban J connectivity index is 2.57. The normalized spacial score (nSPS) is 18.3. The smallest absolute Gasteiger partial charge is 0.224 e. The lowest BCUT2D eigenvalue weighted by Crippen LogP contribution is -2.49. The maximum atomic E-state index is 12.4. The van der Waals surface area contributed by atoms with Gasteiger partial charge in [0.2, 0.25) is 5.91 Å². The summed E-state index contributed by atoms with van der Waals surface area (Å²) in [6, 6.07) is 0. The Bertz CT molecular complexity index is 265. The van der Waals surface area contributed by atoms with E-state index in [0.29, 0.717) is 26.1 Å². The number of aliphatic hydroxyl groups is 1. The van der Waals surface area contributed by atoms with Crippen LogP contribution in [0.25, 0.3) is 0 Å². The van der Waals surface area contributed by atoms with E-state index < -0.39 is 0 Å². The number of hydrogen-bond acceptors (Lipinski definition) is 4. The van der Waals surface area contributed by atoms with Crippen LogP contribution in [0.1, 0.15) is 38.5 Å². The summed E-state index contributed by atoms with van der Waals surface area (Å²) in [5, 5.41) is 12.4. The topological polar surface area (TPSA) is 61.8 Å². The Labute approximate surface area is 116 Å². The van der Waals surface area contributed by atoms with E-state index >= 15 is 0 Å². The van der Waals surface area contributed by atoms with Crippen molar-refractivity contribution in [1.82, 2.24) is 10.2 Å². The van der Waals surface area contributed by atoms with E-state index in [2.05, 4.69) is 5.32 Å². The SMILES string of the molecule is CNC1(CC(=O)N(CCO)CCOC)CCCCC1. The second-order valence-corrected chi connectivity index (χ2v) is 5.36. The molecule has 19 heavy (non-hydrogen) atoms. The molecule has 0 spiro atoms. The molecule has 0 aromatic rings. The molecule has 5 heteroatoms. The third-order valence-corrected chi connectivity index (χ3v) is 4.12. The summed E-state index contributed by atoms with van der Waals surface area (Å²) in [5.41, 5.74) is -0.0455. The molecule has 0 aliphatic heterocycles. The van der Waals surface area contributed by atoms with Crippen LogP contribution < -0.4 is 5.32 Å². The monoisotopic (exact) mass is 272 g/mol. The summed E-state index contributed by atoms with van der Waals surface area (Å²) < 4.78 is 5.02. The fraction of sp³-hybridized carbons (Fsp3) is 0.929. The number of carbonyl (C=O) groups excluding carboxylic acids is 1. The first kappa shape index (κ1) is 16.4.